The second-order valence-corrected chi connectivity index (χ2v) is 3.68. The van der Waals surface area contributed by atoms with Gasteiger partial charge in [-0.3, -0.25) is 4.40 Å². The molecular formula is C10H11FN4O. The summed E-state index contributed by atoms with van der Waals surface area (Å²) in [5.41, 5.74) is 0.516. The number of ether oxygens (including phenoxy) is 1. The summed E-state index contributed by atoms with van der Waals surface area (Å²) in [5, 5.41) is 11.2. The van der Waals surface area contributed by atoms with Crippen LogP contribution in [0.25, 0.3) is 5.65 Å². The van der Waals surface area contributed by atoms with Gasteiger partial charge in [-0.2, -0.15) is 4.39 Å². The molecule has 3 rings (SSSR count). The Balaban J connectivity index is 2.09. The van der Waals surface area contributed by atoms with E-state index in [0.717, 1.165) is 6.54 Å². The molecule has 1 aliphatic heterocycles. The average Bonchev–Trinajstić information content (AvgIpc) is 2.75. The Morgan fingerprint density at radius 3 is 3.19 bits per heavy atom. The molecule has 3 heterocycles. The highest BCUT2D eigenvalue weighted by molar-refractivity contribution is 5.38. The van der Waals surface area contributed by atoms with Crippen molar-refractivity contribution < 1.29 is 9.13 Å². The third kappa shape index (κ3) is 1.46. The summed E-state index contributed by atoms with van der Waals surface area (Å²) in [6, 6.07) is 4.64. The lowest BCUT2D eigenvalue weighted by Gasteiger charge is -2.22. The van der Waals surface area contributed by atoms with Gasteiger partial charge in [-0.1, -0.05) is 6.07 Å². The third-order valence-electron chi connectivity index (χ3n) is 2.64. The van der Waals surface area contributed by atoms with Gasteiger partial charge in [-0.05, 0) is 12.1 Å². The van der Waals surface area contributed by atoms with Crippen molar-refractivity contribution in [2.45, 2.75) is 6.04 Å². The molecule has 0 radical (unpaired) electrons. The van der Waals surface area contributed by atoms with Gasteiger partial charge in [0.2, 0.25) is 5.95 Å². The molecule has 1 atom stereocenters. The number of pyridine rings is 1. The van der Waals surface area contributed by atoms with Gasteiger partial charge in [0, 0.05) is 6.54 Å². The molecule has 0 aromatic carbocycles. The number of hydrogen-bond donors (Lipinski definition) is 1. The summed E-state index contributed by atoms with van der Waals surface area (Å²) < 4.78 is 20.4. The maximum Gasteiger partial charge on any atom is 0.200 e. The van der Waals surface area contributed by atoms with Crippen molar-refractivity contribution in [1.29, 1.82) is 0 Å². The fourth-order valence-electron chi connectivity index (χ4n) is 1.88. The van der Waals surface area contributed by atoms with Crippen LogP contribution in [0.2, 0.25) is 0 Å². The maximum absolute atomic E-state index is 13.6. The van der Waals surface area contributed by atoms with Gasteiger partial charge in [0.1, 0.15) is 0 Å². The maximum atomic E-state index is 13.6. The largest absolute Gasteiger partial charge is 0.378 e. The number of halogens is 1. The van der Waals surface area contributed by atoms with Gasteiger partial charge in [0.25, 0.3) is 0 Å². The third-order valence-corrected chi connectivity index (χ3v) is 2.64. The minimum Gasteiger partial charge on any atom is -0.378 e. The summed E-state index contributed by atoms with van der Waals surface area (Å²) in [6.45, 7) is 1.92. The topological polar surface area (TPSA) is 51.5 Å². The Bertz CT molecular complexity index is 506. The van der Waals surface area contributed by atoms with Crippen LogP contribution in [0.1, 0.15) is 11.9 Å². The first-order valence-electron chi connectivity index (χ1n) is 5.17. The smallest absolute Gasteiger partial charge is 0.200 e. The van der Waals surface area contributed by atoms with E-state index in [1.54, 1.807) is 12.1 Å². The molecule has 2 aromatic rings. The number of hydrogen-bond acceptors (Lipinski definition) is 4. The van der Waals surface area contributed by atoms with Crippen molar-refractivity contribution >= 4 is 5.65 Å². The van der Waals surface area contributed by atoms with Crippen LogP contribution in [-0.4, -0.2) is 34.4 Å². The lowest BCUT2D eigenvalue weighted by atomic mass is 10.2. The average molecular weight is 222 g/mol. The SMILES string of the molecule is Fc1cccc2nnc(C3COCCN3)n12. The summed E-state index contributed by atoms with van der Waals surface area (Å²) >= 11 is 0. The van der Waals surface area contributed by atoms with Crippen LogP contribution >= 0.6 is 0 Å². The molecule has 1 saturated heterocycles. The van der Waals surface area contributed by atoms with E-state index in [0.29, 0.717) is 24.7 Å². The van der Waals surface area contributed by atoms with Crippen LogP contribution in [0.4, 0.5) is 4.39 Å². The molecule has 1 N–H and O–H groups in total. The zero-order valence-corrected chi connectivity index (χ0v) is 8.56. The van der Waals surface area contributed by atoms with Crippen molar-refractivity contribution in [3.8, 4) is 0 Å². The van der Waals surface area contributed by atoms with E-state index in [2.05, 4.69) is 15.5 Å². The Kier molecular flexibility index (Phi) is 2.30. The van der Waals surface area contributed by atoms with Gasteiger partial charge in [0.15, 0.2) is 11.5 Å². The lowest BCUT2D eigenvalue weighted by Crippen LogP contribution is -2.35. The van der Waals surface area contributed by atoms with Crippen molar-refractivity contribution in [2.75, 3.05) is 19.8 Å². The van der Waals surface area contributed by atoms with Crippen LogP contribution in [-0.2, 0) is 4.74 Å². The van der Waals surface area contributed by atoms with Gasteiger partial charge in [-0.25, -0.2) is 0 Å². The fourth-order valence-corrected chi connectivity index (χ4v) is 1.88. The monoisotopic (exact) mass is 222 g/mol. The first-order chi connectivity index (χ1) is 7.86. The van der Waals surface area contributed by atoms with Crippen molar-refractivity contribution in [1.82, 2.24) is 19.9 Å². The van der Waals surface area contributed by atoms with Gasteiger partial charge in [0.05, 0.1) is 19.3 Å². The molecule has 0 aliphatic carbocycles. The van der Waals surface area contributed by atoms with Crippen molar-refractivity contribution in [3.63, 3.8) is 0 Å². The van der Waals surface area contributed by atoms with E-state index < -0.39 is 0 Å². The van der Waals surface area contributed by atoms with E-state index in [1.165, 1.54) is 10.5 Å². The molecule has 1 aliphatic rings. The Morgan fingerprint density at radius 1 is 1.44 bits per heavy atom. The molecule has 1 unspecified atom stereocenters. The normalized spacial score (nSPS) is 21.4. The number of aromatic nitrogens is 3. The second kappa shape index (κ2) is 3.80. The summed E-state index contributed by atoms with van der Waals surface area (Å²) in [7, 11) is 0. The highest BCUT2D eigenvalue weighted by Crippen LogP contribution is 2.16. The molecule has 0 amide bonds. The summed E-state index contributed by atoms with van der Waals surface area (Å²) in [6.07, 6.45) is 0. The summed E-state index contributed by atoms with van der Waals surface area (Å²) in [4.78, 5) is 0. The predicted octanol–water partition coefficient (Wildman–Crippen LogP) is 0.529. The van der Waals surface area contributed by atoms with Crippen LogP contribution in [0, 0.1) is 5.95 Å². The van der Waals surface area contributed by atoms with Crippen LogP contribution in [0.15, 0.2) is 18.2 Å². The number of morpholine rings is 1. The number of nitrogens with one attached hydrogen (secondary N) is 1. The molecule has 0 bridgehead atoms. The summed E-state index contributed by atoms with van der Waals surface area (Å²) in [5.74, 6) is 0.206. The first kappa shape index (κ1) is 9.68. The predicted molar refractivity (Wildman–Crippen MR) is 54.5 cm³/mol. The fraction of sp³-hybridized carbons (Fsp3) is 0.400. The van der Waals surface area contributed by atoms with Crippen molar-refractivity contribution in [2.24, 2.45) is 0 Å². The minimum atomic E-state index is -0.357. The highest BCUT2D eigenvalue weighted by Gasteiger charge is 2.21. The van der Waals surface area contributed by atoms with E-state index in [-0.39, 0.29) is 12.0 Å². The van der Waals surface area contributed by atoms with Crippen molar-refractivity contribution in [3.05, 3.63) is 30.0 Å². The first-order valence-corrected chi connectivity index (χ1v) is 5.17. The quantitative estimate of drug-likeness (QED) is 0.715. The molecule has 2 aromatic heterocycles. The number of nitrogens with zero attached hydrogens (tertiary/aromatic N) is 3. The molecule has 84 valence electrons. The zero-order chi connectivity index (χ0) is 11.0. The van der Waals surface area contributed by atoms with E-state index in [1.807, 2.05) is 0 Å². The van der Waals surface area contributed by atoms with Gasteiger partial charge >= 0.3 is 0 Å². The molecule has 16 heavy (non-hydrogen) atoms. The van der Waals surface area contributed by atoms with Gasteiger partial charge in [-0.15, -0.1) is 10.2 Å². The van der Waals surface area contributed by atoms with Crippen LogP contribution in [0.5, 0.6) is 0 Å². The molecule has 0 saturated carbocycles. The standard InChI is InChI=1S/C10H11FN4O/c11-8-2-1-3-9-13-14-10(15(8)9)7-6-16-5-4-12-7/h1-3,7,12H,4-6H2. The Hall–Kier alpha value is -1.53. The molecular weight excluding hydrogens is 211 g/mol. The second-order valence-electron chi connectivity index (χ2n) is 3.68. The van der Waals surface area contributed by atoms with Crippen LogP contribution in [0.3, 0.4) is 0 Å². The number of rotatable bonds is 1. The zero-order valence-electron chi connectivity index (χ0n) is 8.56. The van der Waals surface area contributed by atoms with Crippen LogP contribution < -0.4 is 5.32 Å². The van der Waals surface area contributed by atoms with Gasteiger partial charge < -0.3 is 10.1 Å². The van der Waals surface area contributed by atoms with E-state index in [9.17, 15) is 4.39 Å². The molecule has 6 heteroatoms. The van der Waals surface area contributed by atoms with E-state index >= 15 is 0 Å². The highest BCUT2D eigenvalue weighted by atomic mass is 19.1. The van der Waals surface area contributed by atoms with E-state index in [4.69, 9.17) is 4.74 Å². The Labute approximate surface area is 91.2 Å². The molecule has 5 nitrogen and oxygen atoms in total. The molecule has 0 spiro atoms. The minimum absolute atomic E-state index is 0.0966. The molecule has 1 fully saturated rings. The lowest BCUT2D eigenvalue weighted by molar-refractivity contribution is 0.0736. The Morgan fingerprint density at radius 2 is 2.38 bits per heavy atom. The number of fused-ring (bicyclic) bond motifs is 1.